The standard InChI is InChI=1S/C21H42O3/c1-3-4-5-6-7-8-9-10-11-12-13-14-15-16-17-18-19-21(2,24)20(22)23/h24H,3-19H2,1-2H3,(H,22,23). The molecule has 2 N–H and O–H groups in total. The zero-order chi connectivity index (χ0) is 18.1. The van der Waals surface area contributed by atoms with Crippen LogP contribution in [-0.2, 0) is 4.79 Å². The highest BCUT2D eigenvalue weighted by molar-refractivity contribution is 5.76. The summed E-state index contributed by atoms with van der Waals surface area (Å²) in [7, 11) is 0. The number of carboxylic acids is 1. The van der Waals surface area contributed by atoms with Crippen molar-refractivity contribution in [2.45, 2.75) is 129 Å². The highest BCUT2D eigenvalue weighted by Crippen LogP contribution is 2.17. The van der Waals surface area contributed by atoms with Gasteiger partial charge in [0, 0.05) is 0 Å². The van der Waals surface area contributed by atoms with Gasteiger partial charge in [0.05, 0.1) is 0 Å². The molecule has 0 aromatic carbocycles. The highest BCUT2D eigenvalue weighted by atomic mass is 16.4. The van der Waals surface area contributed by atoms with Crippen LogP contribution in [-0.4, -0.2) is 21.8 Å². The predicted octanol–water partition coefficient (Wildman–Crippen LogP) is 6.47. The van der Waals surface area contributed by atoms with Gasteiger partial charge in [0.25, 0.3) is 0 Å². The maximum Gasteiger partial charge on any atom is 0.335 e. The summed E-state index contributed by atoms with van der Waals surface area (Å²) in [6.07, 6.45) is 21.2. The summed E-state index contributed by atoms with van der Waals surface area (Å²) in [6, 6.07) is 0. The lowest BCUT2D eigenvalue weighted by Gasteiger charge is -2.17. The molecule has 0 saturated heterocycles. The number of hydrogen-bond donors (Lipinski definition) is 2. The topological polar surface area (TPSA) is 57.5 Å². The molecule has 144 valence electrons. The lowest BCUT2D eigenvalue weighted by molar-refractivity contribution is -0.157. The SMILES string of the molecule is CCCCCCCCCCCCCCCCCCC(C)(O)C(=O)O. The minimum Gasteiger partial charge on any atom is -0.479 e. The summed E-state index contributed by atoms with van der Waals surface area (Å²) in [5.41, 5.74) is -1.55. The Morgan fingerprint density at radius 3 is 1.25 bits per heavy atom. The van der Waals surface area contributed by atoms with Crippen LogP contribution in [0.1, 0.15) is 123 Å². The van der Waals surface area contributed by atoms with Gasteiger partial charge in [0.15, 0.2) is 5.60 Å². The molecule has 3 heteroatoms. The van der Waals surface area contributed by atoms with Gasteiger partial charge in [-0.1, -0.05) is 103 Å². The fourth-order valence-corrected chi connectivity index (χ4v) is 3.12. The molecule has 0 fully saturated rings. The zero-order valence-electron chi connectivity index (χ0n) is 16.3. The van der Waals surface area contributed by atoms with Gasteiger partial charge in [-0.2, -0.15) is 0 Å². The summed E-state index contributed by atoms with van der Waals surface area (Å²) < 4.78 is 0. The first-order valence-corrected chi connectivity index (χ1v) is 10.5. The minimum atomic E-state index is -1.55. The number of carbonyl (C=O) groups is 1. The average molecular weight is 343 g/mol. The first kappa shape index (κ1) is 23.4. The molecule has 1 unspecified atom stereocenters. The summed E-state index contributed by atoms with van der Waals surface area (Å²) in [5, 5.41) is 18.4. The number of carboxylic acid groups (broad SMARTS) is 1. The van der Waals surface area contributed by atoms with Crippen LogP contribution >= 0.6 is 0 Å². The maximum absolute atomic E-state index is 10.8. The normalized spacial score (nSPS) is 13.8. The Kier molecular flexibility index (Phi) is 15.6. The van der Waals surface area contributed by atoms with Crippen molar-refractivity contribution in [3.05, 3.63) is 0 Å². The molecule has 1 atom stereocenters. The monoisotopic (exact) mass is 342 g/mol. The van der Waals surface area contributed by atoms with E-state index in [9.17, 15) is 9.90 Å². The molecule has 0 aliphatic heterocycles. The van der Waals surface area contributed by atoms with Gasteiger partial charge in [-0.25, -0.2) is 4.79 Å². The van der Waals surface area contributed by atoms with Crippen molar-refractivity contribution in [3.8, 4) is 0 Å². The highest BCUT2D eigenvalue weighted by Gasteiger charge is 2.28. The van der Waals surface area contributed by atoms with Crippen LogP contribution in [0.2, 0.25) is 0 Å². The summed E-state index contributed by atoms with van der Waals surface area (Å²) in [4.78, 5) is 10.8. The predicted molar refractivity (Wildman–Crippen MR) is 102 cm³/mol. The third-order valence-corrected chi connectivity index (χ3v) is 4.98. The second kappa shape index (κ2) is 15.9. The lowest BCUT2D eigenvalue weighted by Crippen LogP contribution is -2.34. The quantitative estimate of drug-likeness (QED) is 0.280. The van der Waals surface area contributed by atoms with Crippen LogP contribution in [0.15, 0.2) is 0 Å². The van der Waals surface area contributed by atoms with Crippen molar-refractivity contribution in [1.82, 2.24) is 0 Å². The van der Waals surface area contributed by atoms with Crippen LogP contribution in [0.4, 0.5) is 0 Å². The van der Waals surface area contributed by atoms with Crippen LogP contribution in [0.25, 0.3) is 0 Å². The molecule has 0 rings (SSSR count). The van der Waals surface area contributed by atoms with Gasteiger partial charge in [-0.05, 0) is 19.8 Å². The Hall–Kier alpha value is -0.570. The number of aliphatic carboxylic acids is 1. The third kappa shape index (κ3) is 15.0. The van der Waals surface area contributed by atoms with E-state index in [1.165, 1.54) is 90.4 Å². The molecule has 0 heterocycles. The fraction of sp³-hybridized carbons (Fsp3) is 0.952. The molecule has 0 radical (unpaired) electrons. The van der Waals surface area contributed by atoms with Gasteiger partial charge in [-0.3, -0.25) is 0 Å². The van der Waals surface area contributed by atoms with Crippen molar-refractivity contribution in [2.24, 2.45) is 0 Å². The van der Waals surface area contributed by atoms with Crippen molar-refractivity contribution in [3.63, 3.8) is 0 Å². The first-order chi connectivity index (χ1) is 11.5. The summed E-state index contributed by atoms with van der Waals surface area (Å²) >= 11 is 0. The Morgan fingerprint density at radius 1 is 0.667 bits per heavy atom. The van der Waals surface area contributed by atoms with E-state index < -0.39 is 11.6 Å². The number of rotatable bonds is 18. The van der Waals surface area contributed by atoms with Crippen molar-refractivity contribution < 1.29 is 15.0 Å². The fourth-order valence-electron chi connectivity index (χ4n) is 3.12. The minimum absolute atomic E-state index is 0.362. The molecular formula is C21H42O3. The molecular weight excluding hydrogens is 300 g/mol. The molecule has 0 aliphatic carbocycles. The van der Waals surface area contributed by atoms with Gasteiger partial charge >= 0.3 is 5.97 Å². The smallest absolute Gasteiger partial charge is 0.335 e. The Morgan fingerprint density at radius 2 is 0.958 bits per heavy atom. The molecule has 0 amide bonds. The average Bonchev–Trinajstić information content (AvgIpc) is 2.54. The molecule has 0 bridgehead atoms. The van der Waals surface area contributed by atoms with Crippen molar-refractivity contribution >= 4 is 5.97 Å². The molecule has 0 saturated carbocycles. The van der Waals surface area contributed by atoms with Crippen LogP contribution in [0, 0.1) is 0 Å². The second-order valence-corrected chi connectivity index (χ2v) is 7.63. The third-order valence-electron chi connectivity index (χ3n) is 4.98. The van der Waals surface area contributed by atoms with E-state index in [4.69, 9.17) is 5.11 Å². The van der Waals surface area contributed by atoms with E-state index in [1.807, 2.05) is 0 Å². The number of hydrogen-bond acceptors (Lipinski definition) is 2. The number of aliphatic hydroxyl groups is 1. The molecule has 0 aromatic rings. The Balaban J connectivity index is 3.14. The second-order valence-electron chi connectivity index (χ2n) is 7.63. The Labute approximate surface area is 150 Å². The molecule has 3 nitrogen and oxygen atoms in total. The van der Waals surface area contributed by atoms with E-state index in [1.54, 1.807) is 0 Å². The number of unbranched alkanes of at least 4 members (excludes halogenated alkanes) is 15. The lowest BCUT2D eigenvalue weighted by atomic mass is 9.97. The summed E-state index contributed by atoms with van der Waals surface area (Å²) in [6.45, 7) is 3.66. The van der Waals surface area contributed by atoms with Crippen molar-refractivity contribution in [2.75, 3.05) is 0 Å². The van der Waals surface area contributed by atoms with Crippen LogP contribution < -0.4 is 0 Å². The van der Waals surface area contributed by atoms with Crippen LogP contribution in [0.5, 0.6) is 0 Å². The molecule has 0 aromatic heterocycles. The van der Waals surface area contributed by atoms with Gasteiger partial charge < -0.3 is 10.2 Å². The summed E-state index contributed by atoms with van der Waals surface area (Å²) in [5.74, 6) is -1.11. The Bertz CT molecular complexity index is 287. The van der Waals surface area contributed by atoms with Crippen LogP contribution in [0.3, 0.4) is 0 Å². The van der Waals surface area contributed by atoms with E-state index in [0.29, 0.717) is 6.42 Å². The zero-order valence-corrected chi connectivity index (χ0v) is 16.3. The molecule has 24 heavy (non-hydrogen) atoms. The van der Waals surface area contributed by atoms with E-state index >= 15 is 0 Å². The molecule has 0 aliphatic rings. The van der Waals surface area contributed by atoms with E-state index in [-0.39, 0.29) is 0 Å². The largest absolute Gasteiger partial charge is 0.479 e. The van der Waals surface area contributed by atoms with Gasteiger partial charge in [0.2, 0.25) is 0 Å². The van der Waals surface area contributed by atoms with Gasteiger partial charge in [-0.15, -0.1) is 0 Å². The van der Waals surface area contributed by atoms with E-state index in [2.05, 4.69) is 6.92 Å². The van der Waals surface area contributed by atoms with Crippen molar-refractivity contribution in [1.29, 1.82) is 0 Å². The molecule has 0 spiro atoms. The first-order valence-electron chi connectivity index (χ1n) is 10.5. The maximum atomic E-state index is 10.8. The van der Waals surface area contributed by atoms with Gasteiger partial charge in [0.1, 0.15) is 0 Å². The van der Waals surface area contributed by atoms with E-state index in [0.717, 1.165) is 19.3 Å².